The van der Waals surface area contributed by atoms with E-state index in [9.17, 15) is 29.6 Å². The van der Waals surface area contributed by atoms with E-state index in [0.717, 1.165) is 0 Å². The SMILES string of the molecule is CCc1c(C#N)c(C(C(=O)OC)c2ccc(F)cc2)nc(N2CCN(C(=O)O)CC2)c1C#N. The van der Waals surface area contributed by atoms with Crippen LogP contribution in [0.25, 0.3) is 0 Å². The Kier molecular flexibility index (Phi) is 7.09. The maximum atomic E-state index is 13.5. The molecule has 1 atom stereocenters. The number of methoxy groups -OCH3 is 1. The van der Waals surface area contributed by atoms with Crippen molar-refractivity contribution in [2.24, 2.45) is 0 Å². The van der Waals surface area contributed by atoms with Crippen LogP contribution in [0.5, 0.6) is 0 Å². The number of nitriles is 2. The first-order chi connectivity index (χ1) is 15.9. The fraction of sp³-hybridized carbons (Fsp3) is 0.348. The first-order valence-electron chi connectivity index (χ1n) is 10.3. The molecule has 1 aromatic heterocycles. The molecular weight excluding hydrogens is 429 g/mol. The fourth-order valence-electron chi connectivity index (χ4n) is 3.96. The summed E-state index contributed by atoms with van der Waals surface area (Å²) in [5.41, 5.74) is 1.26. The molecule has 0 aliphatic carbocycles. The number of benzene rings is 1. The summed E-state index contributed by atoms with van der Waals surface area (Å²) < 4.78 is 18.5. The Morgan fingerprint density at radius 3 is 2.24 bits per heavy atom. The molecule has 1 aliphatic heterocycles. The van der Waals surface area contributed by atoms with Crippen LogP contribution in [-0.2, 0) is 16.0 Å². The normalized spacial score (nSPS) is 14.2. The first-order valence-corrected chi connectivity index (χ1v) is 10.3. The van der Waals surface area contributed by atoms with Crippen LogP contribution in [0.1, 0.15) is 40.8 Å². The zero-order valence-electron chi connectivity index (χ0n) is 18.2. The number of amides is 1. The predicted octanol–water partition coefficient (Wildman–Crippen LogP) is 2.63. The van der Waals surface area contributed by atoms with Crippen molar-refractivity contribution in [3.8, 4) is 12.1 Å². The number of aromatic nitrogens is 1. The largest absolute Gasteiger partial charge is 0.468 e. The van der Waals surface area contributed by atoms with Gasteiger partial charge in [-0.2, -0.15) is 10.5 Å². The van der Waals surface area contributed by atoms with Crippen molar-refractivity contribution >= 4 is 17.9 Å². The monoisotopic (exact) mass is 451 g/mol. The molecule has 1 saturated heterocycles. The third-order valence-electron chi connectivity index (χ3n) is 5.65. The number of carbonyl (C=O) groups excluding carboxylic acids is 1. The van der Waals surface area contributed by atoms with E-state index in [1.807, 2.05) is 0 Å². The molecule has 1 aliphatic rings. The average Bonchev–Trinajstić information content (AvgIpc) is 2.84. The van der Waals surface area contributed by atoms with Crippen LogP contribution >= 0.6 is 0 Å². The molecular formula is C23H22FN5O4. The Balaban J connectivity index is 2.22. The highest BCUT2D eigenvalue weighted by molar-refractivity contribution is 5.83. The van der Waals surface area contributed by atoms with Gasteiger partial charge in [0.05, 0.1) is 23.9 Å². The number of anilines is 1. The number of carboxylic acid groups (broad SMARTS) is 1. The van der Waals surface area contributed by atoms with Crippen LogP contribution in [0.4, 0.5) is 15.0 Å². The van der Waals surface area contributed by atoms with Gasteiger partial charge in [0, 0.05) is 26.2 Å². The van der Waals surface area contributed by atoms with E-state index < -0.39 is 23.8 Å². The summed E-state index contributed by atoms with van der Waals surface area (Å²) >= 11 is 0. The van der Waals surface area contributed by atoms with E-state index in [0.29, 0.717) is 30.6 Å². The molecule has 1 aromatic carbocycles. The smallest absolute Gasteiger partial charge is 0.407 e. The Labute approximate surface area is 190 Å². The van der Waals surface area contributed by atoms with Crippen LogP contribution in [-0.4, -0.2) is 60.3 Å². The van der Waals surface area contributed by atoms with Crippen molar-refractivity contribution < 1.29 is 23.8 Å². The molecule has 33 heavy (non-hydrogen) atoms. The molecule has 0 radical (unpaired) electrons. The summed E-state index contributed by atoms with van der Waals surface area (Å²) in [5, 5.41) is 29.1. The van der Waals surface area contributed by atoms with Gasteiger partial charge in [0.1, 0.15) is 29.7 Å². The second-order valence-corrected chi connectivity index (χ2v) is 7.39. The van der Waals surface area contributed by atoms with Gasteiger partial charge < -0.3 is 19.6 Å². The van der Waals surface area contributed by atoms with Crippen LogP contribution < -0.4 is 4.90 Å². The number of piperazine rings is 1. The van der Waals surface area contributed by atoms with Gasteiger partial charge >= 0.3 is 12.1 Å². The number of nitrogens with zero attached hydrogens (tertiary/aromatic N) is 5. The highest BCUT2D eigenvalue weighted by Gasteiger charge is 2.33. The summed E-state index contributed by atoms with van der Waals surface area (Å²) in [6.45, 7) is 2.82. The Hall–Kier alpha value is -4.18. The molecule has 0 bridgehead atoms. The molecule has 9 nitrogen and oxygen atoms in total. The summed E-state index contributed by atoms with van der Waals surface area (Å²) in [7, 11) is 1.21. The molecule has 1 unspecified atom stereocenters. The lowest BCUT2D eigenvalue weighted by Crippen LogP contribution is -2.49. The van der Waals surface area contributed by atoms with Crippen molar-refractivity contribution in [2.45, 2.75) is 19.3 Å². The number of pyridine rings is 1. The van der Waals surface area contributed by atoms with Gasteiger partial charge in [0.15, 0.2) is 0 Å². The van der Waals surface area contributed by atoms with E-state index in [-0.39, 0.29) is 35.7 Å². The summed E-state index contributed by atoms with van der Waals surface area (Å²) in [6.07, 6.45) is -0.694. The van der Waals surface area contributed by atoms with Gasteiger partial charge in [-0.25, -0.2) is 14.2 Å². The van der Waals surface area contributed by atoms with Gasteiger partial charge in [-0.3, -0.25) is 4.79 Å². The number of ether oxygens (including phenoxy) is 1. The van der Waals surface area contributed by atoms with E-state index >= 15 is 0 Å². The molecule has 170 valence electrons. The van der Waals surface area contributed by atoms with Crippen molar-refractivity contribution in [1.82, 2.24) is 9.88 Å². The molecule has 0 saturated carbocycles. The van der Waals surface area contributed by atoms with Crippen LogP contribution in [0.2, 0.25) is 0 Å². The lowest BCUT2D eigenvalue weighted by atomic mass is 9.88. The number of halogens is 1. The first kappa shape index (κ1) is 23.5. The molecule has 10 heteroatoms. The molecule has 2 heterocycles. The lowest BCUT2D eigenvalue weighted by Gasteiger charge is -2.35. The molecule has 1 N–H and O–H groups in total. The topological polar surface area (TPSA) is 131 Å². The van der Waals surface area contributed by atoms with Crippen molar-refractivity contribution in [3.05, 3.63) is 58.0 Å². The standard InChI is InChI=1S/C23H22FN5O4/c1-3-16-17(12-25)20(19(22(30)33-2)14-4-6-15(24)7-5-14)27-21(18(16)13-26)28-8-10-29(11-9-28)23(31)32/h4-7,19H,3,8-11H2,1-2H3,(H,31,32). The average molecular weight is 451 g/mol. The third-order valence-corrected chi connectivity index (χ3v) is 5.65. The van der Waals surface area contributed by atoms with Crippen LogP contribution in [0, 0.1) is 28.5 Å². The zero-order chi connectivity index (χ0) is 24.1. The molecule has 0 spiro atoms. The minimum Gasteiger partial charge on any atom is -0.468 e. The van der Waals surface area contributed by atoms with Gasteiger partial charge in [-0.15, -0.1) is 0 Å². The zero-order valence-corrected chi connectivity index (χ0v) is 18.2. The van der Waals surface area contributed by atoms with Gasteiger partial charge in [-0.1, -0.05) is 19.1 Å². The summed E-state index contributed by atoms with van der Waals surface area (Å²) in [5.74, 6) is -1.99. The number of hydrogen-bond acceptors (Lipinski definition) is 7. The van der Waals surface area contributed by atoms with Crippen molar-refractivity contribution in [3.63, 3.8) is 0 Å². The molecule has 2 aromatic rings. The highest BCUT2D eigenvalue weighted by atomic mass is 19.1. The number of carbonyl (C=O) groups is 2. The second-order valence-electron chi connectivity index (χ2n) is 7.39. The van der Waals surface area contributed by atoms with Gasteiger partial charge in [0.25, 0.3) is 0 Å². The Morgan fingerprint density at radius 2 is 1.76 bits per heavy atom. The lowest BCUT2D eigenvalue weighted by molar-refractivity contribution is -0.141. The van der Waals surface area contributed by atoms with Gasteiger partial charge in [0.2, 0.25) is 0 Å². The third kappa shape index (κ3) is 4.55. The van der Waals surface area contributed by atoms with Gasteiger partial charge in [-0.05, 0) is 29.7 Å². The van der Waals surface area contributed by atoms with E-state index in [1.54, 1.807) is 11.8 Å². The predicted molar refractivity (Wildman–Crippen MR) is 115 cm³/mol. The number of rotatable bonds is 5. The van der Waals surface area contributed by atoms with E-state index in [4.69, 9.17) is 4.74 Å². The minimum atomic E-state index is -1.11. The molecule has 1 fully saturated rings. The Morgan fingerprint density at radius 1 is 1.15 bits per heavy atom. The second kappa shape index (κ2) is 9.96. The molecule has 3 rings (SSSR count). The van der Waals surface area contributed by atoms with Crippen molar-refractivity contribution in [2.75, 3.05) is 38.2 Å². The highest BCUT2D eigenvalue weighted by Crippen LogP contribution is 2.34. The fourth-order valence-corrected chi connectivity index (χ4v) is 3.96. The maximum Gasteiger partial charge on any atom is 0.407 e. The number of hydrogen-bond donors (Lipinski definition) is 1. The quantitative estimate of drug-likeness (QED) is 0.687. The van der Waals surface area contributed by atoms with Crippen LogP contribution in [0.15, 0.2) is 24.3 Å². The summed E-state index contributed by atoms with van der Waals surface area (Å²) in [6, 6.07) is 9.46. The maximum absolute atomic E-state index is 13.5. The Bertz CT molecular complexity index is 1150. The number of esters is 1. The van der Waals surface area contributed by atoms with E-state index in [1.165, 1.54) is 36.3 Å². The van der Waals surface area contributed by atoms with Crippen molar-refractivity contribution in [1.29, 1.82) is 10.5 Å². The molecule has 1 amide bonds. The van der Waals surface area contributed by atoms with Crippen LogP contribution in [0.3, 0.4) is 0 Å². The minimum absolute atomic E-state index is 0.0988. The van der Waals surface area contributed by atoms with E-state index in [2.05, 4.69) is 17.1 Å². The summed E-state index contributed by atoms with van der Waals surface area (Å²) in [4.78, 5) is 31.7.